The Balaban J connectivity index is 1.39. The zero-order chi connectivity index (χ0) is 20.4. The number of ether oxygens (including phenoxy) is 1. The molecule has 0 saturated carbocycles. The van der Waals surface area contributed by atoms with Crippen molar-refractivity contribution in [2.45, 2.75) is 38.8 Å². The maximum absolute atomic E-state index is 12.9. The highest BCUT2D eigenvalue weighted by Gasteiger charge is 2.34. The van der Waals surface area contributed by atoms with Gasteiger partial charge in [0.1, 0.15) is 5.01 Å². The van der Waals surface area contributed by atoms with E-state index in [1.54, 1.807) is 24.2 Å². The van der Waals surface area contributed by atoms with Gasteiger partial charge in [0, 0.05) is 35.1 Å². The van der Waals surface area contributed by atoms with Gasteiger partial charge >= 0.3 is 5.97 Å². The Morgan fingerprint density at radius 3 is 2.90 bits per heavy atom. The maximum Gasteiger partial charge on any atom is 0.312 e. The van der Waals surface area contributed by atoms with E-state index in [0.717, 1.165) is 28.2 Å². The normalized spacial score (nSPS) is 16.3. The molecule has 6 nitrogen and oxygen atoms in total. The number of amides is 1. The van der Waals surface area contributed by atoms with Crippen molar-refractivity contribution in [3.63, 3.8) is 0 Å². The van der Waals surface area contributed by atoms with E-state index in [-0.39, 0.29) is 18.4 Å². The lowest BCUT2D eigenvalue weighted by Crippen LogP contribution is -2.43. The third-order valence-electron chi connectivity index (χ3n) is 4.89. The number of hydrogen-bond donors (Lipinski definition) is 0. The fourth-order valence-corrected chi connectivity index (χ4v) is 4.35. The molecule has 0 fully saturated rings. The van der Waals surface area contributed by atoms with E-state index in [9.17, 15) is 9.59 Å². The van der Waals surface area contributed by atoms with Crippen LogP contribution in [-0.4, -0.2) is 34.0 Å². The van der Waals surface area contributed by atoms with Crippen molar-refractivity contribution in [3.8, 4) is 10.6 Å². The molecule has 3 aromatic rings. The second-order valence-corrected chi connectivity index (χ2v) is 7.94. The average molecular weight is 407 g/mol. The number of anilines is 1. The van der Waals surface area contributed by atoms with Gasteiger partial charge in [-0.2, -0.15) is 0 Å². The lowest BCUT2D eigenvalue weighted by molar-refractivity contribution is -0.153. The molecule has 0 radical (unpaired) electrons. The highest BCUT2D eigenvalue weighted by atomic mass is 32.1. The van der Waals surface area contributed by atoms with E-state index >= 15 is 0 Å². The number of fused-ring (bicyclic) bond motifs is 1. The summed E-state index contributed by atoms with van der Waals surface area (Å²) >= 11 is 1.45. The van der Waals surface area contributed by atoms with Crippen LogP contribution in [0.1, 0.15) is 25.1 Å². The van der Waals surface area contributed by atoms with Crippen molar-refractivity contribution in [3.05, 3.63) is 65.4 Å². The van der Waals surface area contributed by atoms with Crippen LogP contribution in [0, 0.1) is 0 Å². The van der Waals surface area contributed by atoms with Crippen LogP contribution in [-0.2, 0) is 27.2 Å². The maximum atomic E-state index is 12.9. The summed E-state index contributed by atoms with van der Waals surface area (Å²) in [6.45, 7) is 3.62. The Morgan fingerprint density at radius 1 is 1.28 bits per heavy atom. The molecular formula is C22H21N3O3S. The van der Waals surface area contributed by atoms with Gasteiger partial charge in [0.05, 0.1) is 12.1 Å². The van der Waals surface area contributed by atoms with Crippen LogP contribution in [0.3, 0.4) is 0 Å². The minimum Gasteiger partial charge on any atom is -0.452 e. The Bertz CT molecular complexity index is 1030. The van der Waals surface area contributed by atoms with Crippen LogP contribution in [0.5, 0.6) is 0 Å². The quantitative estimate of drug-likeness (QED) is 0.604. The third kappa shape index (κ3) is 4.05. The minimum atomic E-state index is -0.854. The SMILES string of the molecule is C[C@@H]1Cc2ccccc2N1C(=O)[C@@H](C)OC(=O)Cc1csc(-c2cccnc2)n1. The molecule has 4 rings (SSSR count). The van der Waals surface area contributed by atoms with Gasteiger partial charge in [0.2, 0.25) is 0 Å². The van der Waals surface area contributed by atoms with Crippen LogP contribution < -0.4 is 4.90 Å². The first-order valence-electron chi connectivity index (χ1n) is 9.48. The Morgan fingerprint density at radius 2 is 2.10 bits per heavy atom. The van der Waals surface area contributed by atoms with Crippen LogP contribution in [0.2, 0.25) is 0 Å². The van der Waals surface area contributed by atoms with Crippen molar-refractivity contribution >= 4 is 28.9 Å². The van der Waals surface area contributed by atoms with E-state index < -0.39 is 12.1 Å². The Labute approximate surface area is 173 Å². The van der Waals surface area contributed by atoms with Crippen molar-refractivity contribution < 1.29 is 14.3 Å². The predicted molar refractivity (Wildman–Crippen MR) is 112 cm³/mol. The van der Waals surface area contributed by atoms with Gasteiger partial charge in [0.25, 0.3) is 5.91 Å². The van der Waals surface area contributed by atoms with Gasteiger partial charge in [-0.1, -0.05) is 18.2 Å². The smallest absolute Gasteiger partial charge is 0.312 e. The highest BCUT2D eigenvalue weighted by molar-refractivity contribution is 7.13. The summed E-state index contributed by atoms with van der Waals surface area (Å²) in [6.07, 6.45) is 3.41. The van der Waals surface area contributed by atoms with Crippen LogP contribution in [0.4, 0.5) is 5.69 Å². The molecule has 1 amide bonds. The highest BCUT2D eigenvalue weighted by Crippen LogP contribution is 2.32. The minimum absolute atomic E-state index is 0.0283. The molecule has 0 bridgehead atoms. The van der Waals surface area contributed by atoms with Crippen LogP contribution >= 0.6 is 11.3 Å². The monoisotopic (exact) mass is 407 g/mol. The molecule has 1 aliphatic rings. The van der Waals surface area contributed by atoms with Gasteiger partial charge in [-0.05, 0) is 44.0 Å². The number of hydrogen-bond acceptors (Lipinski definition) is 6. The first kappa shape index (κ1) is 19.3. The van der Waals surface area contributed by atoms with Crippen LogP contribution in [0.15, 0.2) is 54.2 Å². The van der Waals surface area contributed by atoms with Crippen molar-refractivity contribution in [1.82, 2.24) is 9.97 Å². The fraction of sp³-hybridized carbons (Fsp3) is 0.273. The molecule has 0 unspecified atom stereocenters. The number of carbonyl (C=O) groups is 2. The molecule has 148 valence electrons. The second kappa shape index (κ2) is 8.13. The van der Waals surface area contributed by atoms with Crippen molar-refractivity contribution in [2.75, 3.05) is 4.90 Å². The lowest BCUT2D eigenvalue weighted by atomic mass is 10.1. The molecule has 1 aliphatic heterocycles. The van der Waals surface area contributed by atoms with Gasteiger partial charge in [0.15, 0.2) is 6.10 Å². The second-order valence-electron chi connectivity index (χ2n) is 7.08. The molecule has 0 saturated heterocycles. The molecular weight excluding hydrogens is 386 g/mol. The summed E-state index contributed by atoms with van der Waals surface area (Å²) in [4.78, 5) is 35.6. The van der Waals surface area contributed by atoms with Gasteiger partial charge in [-0.25, -0.2) is 4.98 Å². The first-order valence-corrected chi connectivity index (χ1v) is 10.4. The number of rotatable bonds is 5. The fourth-order valence-electron chi connectivity index (χ4n) is 3.54. The van der Waals surface area contributed by atoms with E-state index in [1.165, 1.54) is 11.3 Å². The van der Waals surface area contributed by atoms with Crippen molar-refractivity contribution in [1.29, 1.82) is 0 Å². The summed E-state index contributed by atoms with van der Waals surface area (Å²) in [5.74, 6) is -0.667. The molecule has 0 N–H and O–H groups in total. The van der Waals surface area contributed by atoms with Gasteiger partial charge < -0.3 is 9.64 Å². The van der Waals surface area contributed by atoms with E-state index in [4.69, 9.17) is 4.74 Å². The molecule has 3 heterocycles. The Hall–Kier alpha value is -3.06. The van der Waals surface area contributed by atoms with Crippen molar-refractivity contribution in [2.24, 2.45) is 0 Å². The standard InChI is InChI=1S/C22H21N3O3S/c1-14-10-16-6-3-4-8-19(16)25(14)22(27)15(2)28-20(26)11-18-13-29-21(24-18)17-7-5-9-23-12-17/h3-9,12-15H,10-11H2,1-2H3/t14-,15-/m1/s1. The van der Waals surface area contributed by atoms with Crippen LogP contribution in [0.25, 0.3) is 10.6 Å². The van der Waals surface area contributed by atoms with Gasteiger partial charge in [-0.3, -0.25) is 14.6 Å². The molecule has 7 heteroatoms. The average Bonchev–Trinajstić information content (AvgIpc) is 3.31. The topological polar surface area (TPSA) is 72.4 Å². The zero-order valence-electron chi connectivity index (χ0n) is 16.2. The number of aromatic nitrogens is 2. The molecule has 0 aliphatic carbocycles. The number of benzene rings is 1. The predicted octanol–water partition coefficient (Wildman–Crippen LogP) is 3.66. The number of nitrogens with zero attached hydrogens (tertiary/aromatic N) is 3. The zero-order valence-corrected chi connectivity index (χ0v) is 17.1. The molecule has 2 aromatic heterocycles. The number of thiazole rings is 1. The summed E-state index contributed by atoms with van der Waals surface area (Å²) in [6, 6.07) is 11.6. The van der Waals surface area contributed by atoms with E-state index in [0.29, 0.717) is 5.69 Å². The van der Waals surface area contributed by atoms with E-state index in [2.05, 4.69) is 9.97 Å². The lowest BCUT2D eigenvalue weighted by Gasteiger charge is -2.25. The number of esters is 1. The first-order chi connectivity index (χ1) is 14.0. The summed E-state index contributed by atoms with van der Waals surface area (Å²) in [7, 11) is 0. The molecule has 2 atom stereocenters. The number of para-hydroxylation sites is 1. The summed E-state index contributed by atoms with van der Waals surface area (Å²) in [5, 5.41) is 2.63. The summed E-state index contributed by atoms with van der Waals surface area (Å²) < 4.78 is 5.43. The molecule has 29 heavy (non-hydrogen) atoms. The number of pyridine rings is 1. The van der Waals surface area contributed by atoms with Gasteiger partial charge in [-0.15, -0.1) is 11.3 Å². The largest absolute Gasteiger partial charge is 0.452 e. The molecule has 0 spiro atoms. The number of carbonyl (C=O) groups excluding carboxylic acids is 2. The molecule has 1 aromatic carbocycles. The third-order valence-corrected chi connectivity index (χ3v) is 5.83. The van der Waals surface area contributed by atoms with E-state index in [1.807, 2.05) is 48.7 Å². The summed E-state index contributed by atoms with van der Waals surface area (Å²) in [5.41, 5.74) is 3.56. The Kier molecular flexibility index (Phi) is 5.40.